The third kappa shape index (κ3) is 5.25. The Hall–Kier alpha value is -0.120. The molecule has 3 heteroatoms. The maximum atomic E-state index is 5.21. The van der Waals surface area contributed by atoms with Gasteiger partial charge in [-0.2, -0.15) is 0 Å². The van der Waals surface area contributed by atoms with E-state index >= 15 is 0 Å². The highest BCUT2D eigenvalue weighted by Crippen LogP contribution is 2.16. The van der Waals surface area contributed by atoms with Gasteiger partial charge < -0.3 is 15.0 Å². The van der Waals surface area contributed by atoms with Gasteiger partial charge in [-0.15, -0.1) is 0 Å². The minimum absolute atomic E-state index is 0.598. The van der Waals surface area contributed by atoms with Crippen LogP contribution in [0.2, 0.25) is 0 Å². The van der Waals surface area contributed by atoms with Gasteiger partial charge in [-0.1, -0.05) is 13.8 Å². The van der Waals surface area contributed by atoms with Gasteiger partial charge >= 0.3 is 0 Å². The molecule has 1 aliphatic heterocycles. The monoisotopic (exact) mass is 256 g/mol. The largest absolute Gasteiger partial charge is 0.385 e. The molecule has 0 amide bonds. The number of likely N-dealkylation sites (tertiary alicyclic amines) is 1. The highest BCUT2D eigenvalue weighted by molar-refractivity contribution is 4.82. The lowest BCUT2D eigenvalue weighted by atomic mass is 9.97. The van der Waals surface area contributed by atoms with Gasteiger partial charge in [0.1, 0.15) is 0 Å². The van der Waals surface area contributed by atoms with E-state index in [9.17, 15) is 0 Å². The van der Waals surface area contributed by atoms with E-state index < -0.39 is 0 Å². The molecule has 1 rings (SSSR count). The average Bonchev–Trinajstić information content (AvgIpc) is 2.34. The number of ether oxygens (including phenoxy) is 1. The van der Waals surface area contributed by atoms with Crippen molar-refractivity contribution < 1.29 is 4.74 Å². The molecule has 1 fully saturated rings. The fraction of sp³-hybridized carbons (Fsp3) is 1.00. The third-order valence-electron chi connectivity index (χ3n) is 4.15. The molecule has 18 heavy (non-hydrogen) atoms. The van der Waals surface area contributed by atoms with Gasteiger partial charge in [0.25, 0.3) is 0 Å². The Balaban J connectivity index is 2.32. The van der Waals surface area contributed by atoms with Gasteiger partial charge in [-0.05, 0) is 52.1 Å². The fourth-order valence-corrected chi connectivity index (χ4v) is 2.74. The number of rotatable bonds is 7. The Labute approximate surface area is 113 Å². The molecule has 3 nitrogen and oxygen atoms in total. The van der Waals surface area contributed by atoms with Crippen LogP contribution >= 0.6 is 0 Å². The summed E-state index contributed by atoms with van der Waals surface area (Å²) in [6.07, 6.45) is 3.70. The second-order valence-corrected chi connectivity index (χ2v) is 6.20. The molecule has 1 heterocycles. The molecule has 0 saturated carbocycles. The van der Waals surface area contributed by atoms with E-state index in [2.05, 4.69) is 37.9 Å². The topological polar surface area (TPSA) is 24.5 Å². The van der Waals surface area contributed by atoms with Crippen molar-refractivity contribution in [2.45, 2.75) is 65.1 Å². The molecule has 1 saturated heterocycles. The standard InChI is InChI=1S/C15H32N2O/c1-12(2)15(8-11-18-5)16-14-6-9-17(10-7-14)13(3)4/h12-16H,6-11H2,1-5H3. The van der Waals surface area contributed by atoms with Gasteiger partial charge in [-0.3, -0.25) is 0 Å². The zero-order valence-electron chi connectivity index (χ0n) is 12.9. The molecule has 108 valence electrons. The summed E-state index contributed by atoms with van der Waals surface area (Å²) in [7, 11) is 1.79. The Morgan fingerprint density at radius 3 is 2.22 bits per heavy atom. The van der Waals surface area contributed by atoms with Crippen molar-refractivity contribution >= 4 is 0 Å². The minimum Gasteiger partial charge on any atom is -0.385 e. The number of hydrogen-bond donors (Lipinski definition) is 1. The van der Waals surface area contributed by atoms with Crippen LogP contribution in [-0.4, -0.2) is 49.8 Å². The summed E-state index contributed by atoms with van der Waals surface area (Å²) in [6.45, 7) is 12.5. The van der Waals surface area contributed by atoms with Crippen LogP contribution in [0, 0.1) is 5.92 Å². The predicted octanol–water partition coefficient (Wildman–Crippen LogP) is 2.51. The number of nitrogens with zero attached hydrogens (tertiary/aromatic N) is 1. The summed E-state index contributed by atoms with van der Waals surface area (Å²) in [5.74, 6) is 0.684. The molecule has 0 aromatic heterocycles. The Kier molecular flexibility index (Phi) is 7.20. The van der Waals surface area contributed by atoms with Crippen molar-refractivity contribution in [3.05, 3.63) is 0 Å². The van der Waals surface area contributed by atoms with E-state index in [1.807, 2.05) is 0 Å². The lowest BCUT2D eigenvalue weighted by molar-refractivity contribution is 0.138. The minimum atomic E-state index is 0.598. The summed E-state index contributed by atoms with van der Waals surface area (Å²) in [5.41, 5.74) is 0. The normalized spacial score (nSPS) is 20.8. The van der Waals surface area contributed by atoms with Crippen LogP contribution in [-0.2, 0) is 4.74 Å². The highest BCUT2D eigenvalue weighted by atomic mass is 16.5. The van der Waals surface area contributed by atoms with Gasteiger partial charge in [-0.25, -0.2) is 0 Å². The predicted molar refractivity (Wildman–Crippen MR) is 78.0 cm³/mol. The van der Waals surface area contributed by atoms with E-state index in [0.717, 1.165) is 13.0 Å². The molecule has 1 N–H and O–H groups in total. The van der Waals surface area contributed by atoms with Gasteiger partial charge in [0.15, 0.2) is 0 Å². The smallest absolute Gasteiger partial charge is 0.0477 e. The highest BCUT2D eigenvalue weighted by Gasteiger charge is 2.23. The molecule has 0 radical (unpaired) electrons. The second kappa shape index (κ2) is 8.13. The summed E-state index contributed by atoms with van der Waals surface area (Å²) in [5, 5.41) is 3.84. The first-order valence-corrected chi connectivity index (χ1v) is 7.53. The summed E-state index contributed by atoms with van der Waals surface area (Å²) < 4.78 is 5.21. The number of nitrogens with one attached hydrogen (secondary N) is 1. The third-order valence-corrected chi connectivity index (χ3v) is 4.15. The lowest BCUT2D eigenvalue weighted by Gasteiger charge is -2.37. The first-order chi connectivity index (χ1) is 8.54. The Morgan fingerprint density at radius 2 is 1.78 bits per heavy atom. The second-order valence-electron chi connectivity index (χ2n) is 6.20. The van der Waals surface area contributed by atoms with Gasteiger partial charge in [0, 0.05) is 31.8 Å². The fourth-order valence-electron chi connectivity index (χ4n) is 2.74. The molecule has 1 atom stereocenters. The molecular weight excluding hydrogens is 224 g/mol. The van der Waals surface area contributed by atoms with Crippen molar-refractivity contribution in [1.29, 1.82) is 0 Å². The van der Waals surface area contributed by atoms with Crippen molar-refractivity contribution in [3.8, 4) is 0 Å². The molecule has 1 aliphatic rings. The van der Waals surface area contributed by atoms with Crippen LogP contribution in [0.1, 0.15) is 47.0 Å². The maximum Gasteiger partial charge on any atom is 0.0477 e. The van der Waals surface area contributed by atoms with Crippen molar-refractivity contribution in [3.63, 3.8) is 0 Å². The molecule has 0 aliphatic carbocycles. The van der Waals surface area contributed by atoms with E-state index in [-0.39, 0.29) is 0 Å². The van der Waals surface area contributed by atoms with Crippen LogP contribution in [0.15, 0.2) is 0 Å². The maximum absolute atomic E-state index is 5.21. The van der Waals surface area contributed by atoms with E-state index in [4.69, 9.17) is 4.74 Å². The number of piperidine rings is 1. The molecule has 0 bridgehead atoms. The van der Waals surface area contributed by atoms with Gasteiger partial charge in [0.2, 0.25) is 0 Å². The van der Waals surface area contributed by atoms with E-state index in [1.165, 1.54) is 25.9 Å². The SMILES string of the molecule is COCCC(NC1CCN(C(C)C)CC1)C(C)C. The first-order valence-electron chi connectivity index (χ1n) is 7.53. The summed E-state index contributed by atoms with van der Waals surface area (Å²) in [6, 6.07) is 1.99. The zero-order valence-corrected chi connectivity index (χ0v) is 12.9. The molecule has 0 spiro atoms. The van der Waals surface area contributed by atoms with Crippen LogP contribution in [0.3, 0.4) is 0 Å². The van der Waals surface area contributed by atoms with Crippen molar-refractivity contribution in [2.75, 3.05) is 26.8 Å². The summed E-state index contributed by atoms with van der Waals surface area (Å²) in [4.78, 5) is 2.58. The van der Waals surface area contributed by atoms with Gasteiger partial charge in [0.05, 0.1) is 0 Å². The quantitative estimate of drug-likeness (QED) is 0.757. The zero-order chi connectivity index (χ0) is 13.5. The Morgan fingerprint density at radius 1 is 1.17 bits per heavy atom. The summed E-state index contributed by atoms with van der Waals surface area (Å²) >= 11 is 0. The van der Waals surface area contributed by atoms with Crippen molar-refractivity contribution in [2.24, 2.45) is 5.92 Å². The van der Waals surface area contributed by atoms with E-state index in [0.29, 0.717) is 24.0 Å². The molecule has 1 unspecified atom stereocenters. The number of methoxy groups -OCH3 is 1. The Bertz CT molecular complexity index is 211. The molecular formula is C15H32N2O. The molecule has 0 aromatic rings. The van der Waals surface area contributed by atoms with Crippen molar-refractivity contribution in [1.82, 2.24) is 10.2 Å². The molecule has 0 aromatic carbocycles. The van der Waals surface area contributed by atoms with E-state index in [1.54, 1.807) is 7.11 Å². The first kappa shape index (κ1) is 15.9. The van der Waals surface area contributed by atoms with Crippen LogP contribution in [0.4, 0.5) is 0 Å². The lowest BCUT2D eigenvalue weighted by Crippen LogP contribution is -2.49. The van der Waals surface area contributed by atoms with Crippen LogP contribution in [0.5, 0.6) is 0 Å². The van der Waals surface area contributed by atoms with Crippen LogP contribution < -0.4 is 5.32 Å². The average molecular weight is 256 g/mol. The van der Waals surface area contributed by atoms with Crippen LogP contribution in [0.25, 0.3) is 0 Å². The number of hydrogen-bond acceptors (Lipinski definition) is 3.